The lowest BCUT2D eigenvalue weighted by molar-refractivity contribution is 0.172. The summed E-state index contributed by atoms with van der Waals surface area (Å²) < 4.78 is 1.98. The molecule has 0 fully saturated rings. The lowest BCUT2D eigenvalue weighted by Gasteiger charge is -2.07. The largest absolute Gasteiger partial charge is 0.392 e. The second kappa shape index (κ2) is 3.53. The molecular formula is C8H14N2O. The van der Waals surface area contributed by atoms with Crippen molar-refractivity contribution in [3.05, 3.63) is 18.2 Å². The first-order valence-corrected chi connectivity index (χ1v) is 3.92. The monoisotopic (exact) mass is 154 g/mol. The average molecular weight is 154 g/mol. The molecule has 3 nitrogen and oxygen atoms in total. The predicted octanol–water partition coefficient (Wildman–Crippen LogP) is 0.826. The molecule has 1 rings (SSSR count). The van der Waals surface area contributed by atoms with Gasteiger partial charge in [0.15, 0.2) is 0 Å². The zero-order valence-corrected chi connectivity index (χ0v) is 6.99. The predicted molar refractivity (Wildman–Crippen MR) is 43.3 cm³/mol. The third-order valence-electron chi connectivity index (χ3n) is 1.58. The first-order valence-electron chi connectivity index (χ1n) is 3.92. The fourth-order valence-electron chi connectivity index (χ4n) is 1.11. The molecule has 0 aliphatic heterocycles. The van der Waals surface area contributed by atoms with Crippen LogP contribution in [0.4, 0.5) is 0 Å². The Balaban J connectivity index is 2.68. The van der Waals surface area contributed by atoms with E-state index in [0.29, 0.717) is 6.54 Å². The summed E-state index contributed by atoms with van der Waals surface area (Å²) in [7, 11) is 0. The van der Waals surface area contributed by atoms with Gasteiger partial charge in [0.05, 0.1) is 6.10 Å². The Kier molecular flexibility index (Phi) is 2.65. The molecular weight excluding hydrogens is 140 g/mol. The lowest BCUT2D eigenvalue weighted by atomic mass is 10.4. The maximum Gasteiger partial charge on any atom is 0.108 e. The minimum Gasteiger partial charge on any atom is -0.392 e. The highest BCUT2D eigenvalue weighted by Gasteiger charge is 2.01. The van der Waals surface area contributed by atoms with Gasteiger partial charge in [-0.3, -0.25) is 0 Å². The molecule has 1 heterocycles. The van der Waals surface area contributed by atoms with Gasteiger partial charge in [-0.25, -0.2) is 4.98 Å². The van der Waals surface area contributed by atoms with E-state index in [1.54, 1.807) is 13.1 Å². The van der Waals surface area contributed by atoms with Gasteiger partial charge in [-0.05, 0) is 6.92 Å². The van der Waals surface area contributed by atoms with E-state index < -0.39 is 0 Å². The second-order valence-corrected chi connectivity index (χ2v) is 2.70. The molecule has 0 saturated heterocycles. The molecule has 1 unspecified atom stereocenters. The van der Waals surface area contributed by atoms with E-state index >= 15 is 0 Å². The van der Waals surface area contributed by atoms with Gasteiger partial charge in [0.25, 0.3) is 0 Å². The fraction of sp³-hybridized carbons (Fsp3) is 0.625. The summed E-state index contributed by atoms with van der Waals surface area (Å²) in [5.41, 5.74) is 0. The minimum atomic E-state index is -0.297. The molecule has 1 N–H and O–H groups in total. The molecule has 0 aliphatic carbocycles. The molecule has 0 bridgehead atoms. The van der Waals surface area contributed by atoms with Crippen molar-refractivity contribution < 1.29 is 5.11 Å². The molecule has 0 aromatic carbocycles. The van der Waals surface area contributed by atoms with E-state index in [9.17, 15) is 0 Å². The summed E-state index contributed by atoms with van der Waals surface area (Å²) in [6, 6.07) is 0. The quantitative estimate of drug-likeness (QED) is 0.700. The first kappa shape index (κ1) is 8.27. The number of aliphatic hydroxyl groups excluding tert-OH is 1. The Morgan fingerprint density at radius 2 is 2.45 bits per heavy atom. The maximum absolute atomic E-state index is 9.10. The number of hydrogen-bond acceptors (Lipinski definition) is 2. The first-order chi connectivity index (χ1) is 5.24. The van der Waals surface area contributed by atoms with Gasteiger partial charge in [-0.15, -0.1) is 0 Å². The van der Waals surface area contributed by atoms with Crippen molar-refractivity contribution in [2.75, 3.05) is 0 Å². The van der Waals surface area contributed by atoms with Gasteiger partial charge in [-0.1, -0.05) is 6.92 Å². The number of nitrogens with zero attached hydrogens (tertiary/aromatic N) is 2. The highest BCUT2D eigenvalue weighted by Crippen LogP contribution is 1.99. The summed E-state index contributed by atoms with van der Waals surface area (Å²) in [6.07, 6.45) is 4.28. The van der Waals surface area contributed by atoms with E-state index in [1.807, 2.05) is 10.8 Å². The standard InChI is InChI=1S/C8H14N2O/c1-3-8-9-4-5-10(8)6-7(2)11/h4-5,7,11H,3,6H2,1-2H3. The van der Waals surface area contributed by atoms with Gasteiger partial charge in [-0.2, -0.15) is 0 Å². The van der Waals surface area contributed by atoms with Crippen LogP contribution < -0.4 is 0 Å². The molecule has 1 aromatic rings. The smallest absolute Gasteiger partial charge is 0.108 e. The number of aliphatic hydroxyl groups is 1. The summed E-state index contributed by atoms with van der Waals surface area (Å²) in [6.45, 7) is 4.48. The van der Waals surface area contributed by atoms with Crippen LogP contribution in [0.3, 0.4) is 0 Å². The second-order valence-electron chi connectivity index (χ2n) is 2.70. The molecule has 0 saturated carbocycles. The zero-order chi connectivity index (χ0) is 8.27. The van der Waals surface area contributed by atoms with Crippen LogP contribution in [0.25, 0.3) is 0 Å². The Bertz CT molecular complexity index is 218. The SMILES string of the molecule is CCc1nccn1CC(C)O. The number of imidazole rings is 1. The lowest BCUT2D eigenvalue weighted by Crippen LogP contribution is -2.13. The number of rotatable bonds is 3. The van der Waals surface area contributed by atoms with E-state index in [4.69, 9.17) is 5.11 Å². The summed E-state index contributed by atoms with van der Waals surface area (Å²) in [5, 5.41) is 9.10. The Hall–Kier alpha value is -0.830. The molecule has 3 heteroatoms. The maximum atomic E-state index is 9.10. The van der Waals surface area contributed by atoms with Crippen LogP contribution in [0.2, 0.25) is 0 Å². The minimum absolute atomic E-state index is 0.297. The fourth-order valence-corrected chi connectivity index (χ4v) is 1.11. The Labute approximate surface area is 66.7 Å². The zero-order valence-electron chi connectivity index (χ0n) is 6.99. The van der Waals surface area contributed by atoms with Crippen molar-refractivity contribution in [1.82, 2.24) is 9.55 Å². The summed E-state index contributed by atoms with van der Waals surface area (Å²) >= 11 is 0. The van der Waals surface area contributed by atoms with Crippen LogP contribution in [0, 0.1) is 0 Å². The van der Waals surface area contributed by atoms with Crippen molar-refractivity contribution in [2.45, 2.75) is 32.9 Å². The molecule has 0 aliphatic rings. The summed E-state index contributed by atoms with van der Waals surface area (Å²) in [4.78, 5) is 4.14. The van der Waals surface area contributed by atoms with Crippen molar-refractivity contribution in [3.8, 4) is 0 Å². The van der Waals surface area contributed by atoms with E-state index in [0.717, 1.165) is 12.2 Å². The highest BCUT2D eigenvalue weighted by molar-refractivity contribution is 4.91. The number of aromatic nitrogens is 2. The van der Waals surface area contributed by atoms with E-state index in [-0.39, 0.29) is 6.10 Å². The van der Waals surface area contributed by atoms with Crippen LogP contribution in [-0.4, -0.2) is 20.8 Å². The van der Waals surface area contributed by atoms with Crippen molar-refractivity contribution in [1.29, 1.82) is 0 Å². The van der Waals surface area contributed by atoms with Gasteiger partial charge < -0.3 is 9.67 Å². The van der Waals surface area contributed by atoms with E-state index in [2.05, 4.69) is 11.9 Å². The van der Waals surface area contributed by atoms with Gasteiger partial charge in [0.2, 0.25) is 0 Å². The number of hydrogen-bond donors (Lipinski definition) is 1. The third-order valence-corrected chi connectivity index (χ3v) is 1.58. The molecule has 62 valence electrons. The molecule has 1 aromatic heterocycles. The van der Waals surface area contributed by atoms with Gasteiger partial charge in [0, 0.05) is 25.4 Å². The van der Waals surface area contributed by atoms with Crippen molar-refractivity contribution in [2.24, 2.45) is 0 Å². The van der Waals surface area contributed by atoms with Crippen LogP contribution in [0.15, 0.2) is 12.4 Å². The Morgan fingerprint density at radius 3 is 3.00 bits per heavy atom. The van der Waals surface area contributed by atoms with Crippen molar-refractivity contribution >= 4 is 0 Å². The van der Waals surface area contributed by atoms with Crippen LogP contribution >= 0.6 is 0 Å². The van der Waals surface area contributed by atoms with Crippen LogP contribution in [-0.2, 0) is 13.0 Å². The highest BCUT2D eigenvalue weighted by atomic mass is 16.3. The topological polar surface area (TPSA) is 38.0 Å². The van der Waals surface area contributed by atoms with Crippen LogP contribution in [0.5, 0.6) is 0 Å². The van der Waals surface area contributed by atoms with Crippen molar-refractivity contribution in [3.63, 3.8) is 0 Å². The molecule has 0 radical (unpaired) electrons. The van der Waals surface area contributed by atoms with Crippen LogP contribution in [0.1, 0.15) is 19.7 Å². The van der Waals surface area contributed by atoms with E-state index in [1.165, 1.54) is 0 Å². The summed E-state index contributed by atoms with van der Waals surface area (Å²) in [5.74, 6) is 1.03. The van der Waals surface area contributed by atoms with Gasteiger partial charge in [0.1, 0.15) is 5.82 Å². The normalized spacial score (nSPS) is 13.4. The van der Waals surface area contributed by atoms with Gasteiger partial charge >= 0.3 is 0 Å². The molecule has 1 atom stereocenters. The average Bonchev–Trinajstić information content (AvgIpc) is 2.34. The Morgan fingerprint density at radius 1 is 1.73 bits per heavy atom. The molecule has 0 amide bonds. The number of aryl methyl sites for hydroxylation is 1. The molecule has 11 heavy (non-hydrogen) atoms. The molecule has 0 spiro atoms. The third kappa shape index (κ3) is 2.05.